The molecule has 4 aliphatic rings. The molecule has 0 saturated heterocycles. The van der Waals surface area contributed by atoms with Gasteiger partial charge in [0, 0.05) is 6.42 Å². The highest BCUT2D eigenvalue weighted by molar-refractivity contribution is 5.84. The zero-order valence-corrected chi connectivity index (χ0v) is 25.8. The molecule has 4 aliphatic carbocycles. The lowest BCUT2D eigenvalue weighted by molar-refractivity contribution is -0.164. The largest absolute Gasteiger partial charge is 0.464 e. The van der Waals surface area contributed by atoms with Crippen molar-refractivity contribution in [3.05, 3.63) is 0 Å². The minimum Gasteiger partial charge on any atom is -0.464 e. The van der Waals surface area contributed by atoms with E-state index in [9.17, 15) is 14.7 Å². The van der Waals surface area contributed by atoms with E-state index in [4.69, 9.17) is 10.5 Å². The van der Waals surface area contributed by atoms with Crippen molar-refractivity contribution in [2.24, 2.45) is 52.1 Å². The second-order valence-corrected chi connectivity index (χ2v) is 13.9. The molecule has 1 amide bonds. The molecule has 0 spiro atoms. The third kappa shape index (κ3) is 6.73. The smallest absolute Gasteiger partial charge is 0.328 e. The fourth-order valence-corrected chi connectivity index (χ4v) is 10.0. The molecule has 6 heteroatoms. The van der Waals surface area contributed by atoms with E-state index in [1.165, 1.54) is 51.4 Å². The van der Waals surface area contributed by atoms with Gasteiger partial charge in [0.1, 0.15) is 6.04 Å². The van der Waals surface area contributed by atoms with Gasteiger partial charge in [0.25, 0.3) is 0 Å². The zero-order chi connectivity index (χ0) is 29.5. The Morgan fingerprint density at radius 1 is 1.02 bits per heavy atom. The van der Waals surface area contributed by atoms with E-state index in [-0.39, 0.29) is 23.4 Å². The highest BCUT2D eigenvalue weighted by Gasteiger charge is 2.62. The Kier molecular flexibility index (Phi) is 12.0. The fraction of sp³-hybridized carbons (Fsp3) is 0.882. The lowest BCUT2D eigenvalue weighted by atomic mass is 9.44. The Bertz CT molecular complexity index is 860. The summed E-state index contributed by atoms with van der Waals surface area (Å²) in [4.78, 5) is 25.3. The van der Waals surface area contributed by atoms with Gasteiger partial charge in [-0.1, -0.05) is 33.6 Å². The van der Waals surface area contributed by atoms with Crippen LogP contribution in [0.25, 0.3) is 0 Å². The summed E-state index contributed by atoms with van der Waals surface area (Å²) in [6.45, 7) is 10.1. The normalized spacial score (nSPS) is 37.9. The first kappa shape index (κ1) is 32.9. The number of unbranched alkanes of at least 4 members (excludes halogenated alkanes) is 1. The molecule has 0 aliphatic heterocycles. The van der Waals surface area contributed by atoms with Crippen LogP contribution < -0.4 is 11.1 Å². The summed E-state index contributed by atoms with van der Waals surface area (Å²) in [5.41, 5.74) is 6.29. The number of hydrogen-bond acceptors (Lipinski definition) is 5. The molecule has 0 bridgehead atoms. The summed E-state index contributed by atoms with van der Waals surface area (Å²) in [6, 6.07) is -0.578. The highest BCUT2D eigenvalue weighted by atomic mass is 16.5. The predicted octanol–water partition coefficient (Wildman–Crippen LogP) is 5.85. The lowest BCUT2D eigenvalue weighted by Gasteiger charge is -2.62. The van der Waals surface area contributed by atoms with E-state index in [1.807, 2.05) is 0 Å². The SMILES string of the molecule is C#C.CCOC(=O)[C@H](CCCCN)NC(=O)CCC(C)C1CCC2[C@H]3C(CC[C@]12C)[C@@]1(C)CCCC[C@H]1C[C@H]3O. The van der Waals surface area contributed by atoms with Gasteiger partial charge in [-0.15, -0.1) is 12.8 Å². The van der Waals surface area contributed by atoms with Crippen LogP contribution in [0.2, 0.25) is 0 Å². The van der Waals surface area contributed by atoms with Crippen LogP contribution in [0, 0.1) is 59.2 Å². The van der Waals surface area contributed by atoms with Gasteiger partial charge in [-0.05, 0) is 130 Å². The summed E-state index contributed by atoms with van der Waals surface area (Å²) in [6.07, 6.45) is 22.7. The first-order valence-corrected chi connectivity index (χ1v) is 16.3. The summed E-state index contributed by atoms with van der Waals surface area (Å²) < 4.78 is 5.20. The van der Waals surface area contributed by atoms with E-state index in [0.717, 1.165) is 25.7 Å². The van der Waals surface area contributed by atoms with Crippen LogP contribution in [0.3, 0.4) is 0 Å². The molecular formula is C34H58N2O4. The summed E-state index contributed by atoms with van der Waals surface area (Å²) in [5.74, 6) is 3.09. The molecule has 4 rings (SSSR count). The quantitative estimate of drug-likeness (QED) is 0.168. The average molecular weight is 559 g/mol. The molecule has 0 aromatic carbocycles. The van der Waals surface area contributed by atoms with Crippen molar-refractivity contribution in [3.63, 3.8) is 0 Å². The minimum atomic E-state index is -0.578. The van der Waals surface area contributed by atoms with Gasteiger partial charge in [-0.25, -0.2) is 4.79 Å². The number of carbonyl (C=O) groups is 2. The number of ether oxygens (including phenoxy) is 1. The number of nitrogens with two attached hydrogens (primary N) is 1. The summed E-state index contributed by atoms with van der Waals surface area (Å²) in [7, 11) is 0. The molecular weight excluding hydrogens is 500 g/mol. The highest BCUT2D eigenvalue weighted by Crippen LogP contribution is 2.68. The molecule has 4 saturated carbocycles. The van der Waals surface area contributed by atoms with Crippen molar-refractivity contribution in [2.45, 2.75) is 130 Å². The molecule has 4 unspecified atom stereocenters. The number of amides is 1. The first-order valence-electron chi connectivity index (χ1n) is 16.3. The number of aliphatic hydroxyl groups is 1. The Labute approximate surface area is 244 Å². The number of hydrogen-bond donors (Lipinski definition) is 3. The van der Waals surface area contributed by atoms with Gasteiger partial charge in [-0.3, -0.25) is 4.79 Å². The van der Waals surface area contributed by atoms with E-state index in [2.05, 4.69) is 38.9 Å². The van der Waals surface area contributed by atoms with Crippen LogP contribution in [0.5, 0.6) is 0 Å². The van der Waals surface area contributed by atoms with Gasteiger partial charge in [0.15, 0.2) is 0 Å². The van der Waals surface area contributed by atoms with E-state index < -0.39 is 6.04 Å². The standard InChI is InChI=1S/C32H56N2O4.C2H2/c1-5-38-30(37)26(11-7-9-19-33)34-28(36)15-12-21(2)23-13-14-24-29-25(16-18-32(23,24)4)31(3)17-8-6-10-22(31)20-27(29)35;1-2/h21-27,29,35H,5-20,33H2,1-4H3,(H,34,36);1-2H/t21?,22-,23?,24?,25?,26-,27+,29-,31-,32+;/m0./s1. The van der Waals surface area contributed by atoms with Crippen LogP contribution in [0.1, 0.15) is 118 Å². The zero-order valence-electron chi connectivity index (χ0n) is 25.8. The number of terminal acetylenes is 1. The van der Waals surface area contributed by atoms with Crippen LogP contribution >= 0.6 is 0 Å². The lowest BCUT2D eigenvalue weighted by Crippen LogP contribution is -2.57. The summed E-state index contributed by atoms with van der Waals surface area (Å²) in [5, 5.41) is 14.4. The number of fused-ring (bicyclic) bond motifs is 5. The van der Waals surface area contributed by atoms with Crippen molar-refractivity contribution in [1.29, 1.82) is 0 Å². The maximum Gasteiger partial charge on any atom is 0.328 e. The second kappa shape index (κ2) is 14.5. The number of carbonyl (C=O) groups excluding carboxylic acids is 2. The molecule has 0 aromatic heterocycles. The molecule has 0 heterocycles. The van der Waals surface area contributed by atoms with Crippen LogP contribution in [0.15, 0.2) is 0 Å². The second-order valence-electron chi connectivity index (χ2n) is 13.9. The Morgan fingerprint density at radius 2 is 1.75 bits per heavy atom. The average Bonchev–Trinajstić information content (AvgIpc) is 3.30. The first-order chi connectivity index (χ1) is 19.2. The molecule has 0 aromatic rings. The minimum absolute atomic E-state index is 0.0509. The molecule has 6 nitrogen and oxygen atoms in total. The molecule has 4 N–H and O–H groups in total. The van der Waals surface area contributed by atoms with Gasteiger partial charge in [0.2, 0.25) is 5.91 Å². The number of aliphatic hydroxyl groups excluding tert-OH is 1. The Balaban J connectivity index is 0.00000216. The van der Waals surface area contributed by atoms with E-state index in [0.29, 0.717) is 66.9 Å². The van der Waals surface area contributed by atoms with Crippen LogP contribution in [-0.4, -0.2) is 42.3 Å². The molecule has 40 heavy (non-hydrogen) atoms. The third-order valence-electron chi connectivity index (χ3n) is 12.0. The fourth-order valence-electron chi connectivity index (χ4n) is 10.0. The van der Waals surface area contributed by atoms with Crippen molar-refractivity contribution >= 4 is 11.9 Å². The summed E-state index contributed by atoms with van der Waals surface area (Å²) >= 11 is 0. The molecule has 10 atom stereocenters. The molecule has 4 fully saturated rings. The van der Waals surface area contributed by atoms with Crippen LogP contribution in [-0.2, 0) is 14.3 Å². The third-order valence-corrected chi connectivity index (χ3v) is 12.0. The topological polar surface area (TPSA) is 102 Å². The van der Waals surface area contributed by atoms with Gasteiger partial charge >= 0.3 is 5.97 Å². The number of nitrogens with one attached hydrogen (secondary N) is 1. The van der Waals surface area contributed by atoms with Gasteiger partial charge in [-0.2, -0.15) is 0 Å². The van der Waals surface area contributed by atoms with Crippen molar-refractivity contribution < 1.29 is 19.4 Å². The monoisotopic (exact) mass is 558 g/mol. The van der Waals surface area contributed by atoms with Crippen LogP contribution in [0.4, 0.5) is 0 Å². The Morgan fingerprint density at radius 3 is 2.45 bits per heavy atom. The van der Waals surface area contributed by atoms with Crippen molar-refractivity contribution in [1.82, 2.24) is 5.32 Å². The maximum absolute atomic E-state index is 12.9. The number of esters is 1. The van der Waals surface area contributed by atoms with Gasteiger partial charge < -0.3 is 20.9 Å². The Hall–Kier alpha value is -1.58. The molecule has 228 valence electrons. The van der Waals surface area contributed by atoms with Crippen molar-refractivity contribution in [2.75, 3.05) is 13.2 Å². The number of rotatable bonds is 11. The van der Waals surface area contributed by atoms with Crippen molar-refractivity contribution in [3.8, 4) is 12.8 Å². The van der Waals surface area contributed by atoms with Gasteiger partial charge in [0.05, 0.1) is 12.7 Å². The maximum atomic E-state index is 12.9. The van der Waals surface area contributed by atoms with E-state index >= 15 is 0 Å². The predicted molar refractivity (Wildman–Crippen MR) is 161 cm³/mol. The van der Waals surface area contributed by atoms with E-state index in [1.54, 1.807) is 6.92 Å². The molecule has 0 radical (unpaired) electrons.